The van der Waals surface area contributed by atoms with E-state index in [2.05, 4.69) is 25.9 Å². The molecule has 1 aromatic heterocycles. The highest BCUT2D eigenvalue weighted by Crippen LogP contribution is 1.97. The summed E-state index contributed by atoms with van der Waals surface area (Å²) in [5, 5.41) is 0. The predicted molar refractivity (Wildman–Crippen MR) is 40.1 cm³/mol. The van der Waals surface area contributed by atoms with Crippen molar-refractivity contribution in [3.8, 4) is 0 Å². The second-order valence-electron chi connectivity index (χ2n) is 1.03. The van der Waals surface area contributed by atoms with E-state index in [1.807, 2.05) is 0 Å². The molecule has 0 aromatic carbocycles. The van der Waals surface area contributed by atoms with Gasteiger partial charge in [-0.25, -0.2) is 4.98 Å². The van der Waals surface area contributed by atoms with E-state index in [4.69, 9.17) is 0 Å². The molecule has 0 bridgehead atoms. The van der Waals surface area contributed by atoms with Crippen LogP contribution in [0.5, 0.6) is 0 Å². The molecule has 0 saturated heterocycles. The number of halogens is 2. The highest BCUT2D eigenvalue weighted by atomic mass is 79.9. The van der Waals surface area contributed by atoms with E-state index in [0.717, 1.165) is 4.60 Å². The van der Waals surface area contributed by atoms with Gasteiger partial charge in [-0.05, 0) is 15.9 Å². The first-order chi connectivity index (χ1) is 3.39. The normalized spacial score (nSPS) is 7.62. The quantitative estimate of drug-likeness (QED) is 0.691. The molecule has 0 unspecified atom stereocenters. The van der Waals surface area contributed by atoms with E-state index in [1.54, 1.807) is 18.6 Å². The monoisotopic (exact) mass is 238 g/mol. The van der Waals surface area contributed by atoms with Gasteiger partial charge in [0, 0.05) is 12.4 Å². The zero-order chi connectivity index (χ0) is 5.11. The van der Waals surface area contributed by atoms with Crippen molar-refractivity contribution < 1.29 is 0 Å². The van der Waals surface area contributed by atoms with Crippen LogP contribution in [0.3, 0.4) is 0 Å². The Morgan fingerprint density at radius 3 is 2.38 bits per heavy atom. The van der Waals surface area contributed by atoms with Crippen molar-refractivity contribution in [3.63, 3.8) is 0 Å². The second-order valence-corrected chi connectivity index (χ2v) is 1.84. The van der Waals surface area contributed by atoms with Crippen LogP contribution in [0.1, 0.15) is 0 Å². The minimum absolute atomic E-state index is 0. The fraction of sp³-hybridized carbons (Fsp3) is 0. The number of rotatable bonds is 0. The smallest absolute Gasteiger partial charge is 0.124 e. The summed E-state index contributed by atoms with van der Waals surface area (Å²) in [5.41, 5.74) is 0. The third-order valence-corrected chi connectivity index (χ3v) is 0.941. The molecule has 0 fully saturated rings. The van der Waals surface area contributed by atoms with Gasteiger partial charge in [0.1, 0.15) is 4.60 Å². The number of nitrogens with zero attached hydrogens (tertiary/aromatic N) is 2. The highest BCUT2D eigenvalue weighted by molar-refractivity contribution is 9.10. The van der Waals surface area contributed by atoms with Crippen LogP contribution in [-0.4, -0.2) is 9.97 Å². The molecular weight excluding hydrogens is 236 g/mol. The Labute approximate surface area is 66.3 Å². The predicted octanol–water partition coefficient (Wildman–Crippen LogP) is 1.82. The average Bonchev–Trinajstić information content (AvgIpc) is 1.69. The average molecular weight is 240 g/mol. The third-order valence-electron chi connectivity index (χ3n) is 0.532. The molecule has 0 aliphatic heterocycles. The Balaban J connectivity index is 0.000000490. The van der Waals surface area contributed by atoms with Gasteiger partial charge in [-0.2, -0.15) is 0 Å². The lowest BCUT2D eigenvalue weighted by Gasteiger charge is -1.79. The summed E-state index contributed by atoms with van der Waals surface area (Å²) in [5.74, 6) is 0. The molecule has 0 saturated carbocycles. The van der Waals surface area contributed by atoms with E-state index in [9.17, 15) is 0 Å². The van der Waals surface area contributed by atoms with E-state index in [0.29, 0.717) is 0 Å². The maximum absolute atomic E-state index is 3.83. The van der Waals surface area contributed by atoms with Crippen molar-refractivity contribution in [1.82, 2.24) is 9.97 Å². The topological polar surface area (TPSA) is 25.8 Å². The first-order valence-corrected chi connectivity index (χ1v) is 2.60. The zero-order valence-corrected chi connectivity index (χ0v) is 7.21. The summed E-state index contributed by atoms with van der Waals surface area (Å²) in [4.78, 5) is 7.61. The molecule has 0 radical (unpaired) electrons. The van der Waals surface area contributed by atoms with E-state index in [1.165, 1.54) is 0 Å². The van der Waals surface area contributed by atoms with Crippen molar-refractivity contribution in [3.05, 3.63) is 23.2 Å². The summed E-state index contributed by atoms with van der Waals surface area (Å²) in [7, 11) is 0. The second kappa shape index (κ2) is 3.97. The molecule has 1 aromatic rings. The maximum atomic E-state index is 3.83. The lowest BCUT2D eigenvalue weighted by atomic mass is 10.8. The maximum Gasteiger partial charge on any atom is 0.124 e. The highest BCUT2D eigenvalue weighted by Gasteiger charge is 1.77. The minimum atomic E-state index is 0. The molecule has 0 N–H and O–H groups in total. The van der Waals surface area contributed by atoms with E-state index >= 15 is 0 Å². The first-order valence-electron chi connectivity index (χ1n) is 1.81. The molecule has 4 heteroatoms. The van der Waals surface area contributed by atoms with Gasteiger partial charge in [0.05, 0.1) is 6.20 Å². The van der Waals surface area contributed by atoms with Gasteiger partial charge in [-0.3, -0.25) is 4.98 Å². The van der Waals surface area contributed by atoms with Gasteiger partial charge in [0.15, 0.2) is 0 Å². The van der Waals surface area contributed by atoms with Gasteiger partial charge in [0.25, 0.3) is 0 Å². The van der Waals surface area contributed by atoms with Crippen LogP contribution in [0.2, 0.25) is 0 Å². The summed E-state index contributed by atoms with van der Waals surface area (Å²) in [6.07, 6.45) is 4.90. The van der Waals surface area contributed by atoms with Crippen molar-refractivity contribution in [1.29, 1.82) is 0 Å². The fourth-order valence-corrected chi connectivity index (χ4v) is 0.517. The number of hydrogen-bond acceptors (Lipinski definition) is 2. The van der Waals surface area contributed by atoms with Crippen molar-refractivity contribution in [2.75, 3.05) is 0 Å². The van der Waals surface area contributed by atoms with Crippen LogP contribution in [0, 0.1) is 0 Å². The van der Waals surface area contributed by atoms with Gasteiger partial charge in [0.2, 0.25) is 0 Å². The van der Waals surface area contributed by atoms with Crippen molar-refractivity contribution in [2.24, 2.45) is 0 Å². The van der Waals surface area contributed by atoms with E-state index in [-0.39, 0.29) is 17.0 Å². The largest absolute Gasteiger partial charge is 0.260 e. The Morgan fingerprint density at radius 1 is 1.38 bits per heavy atom. The lowest BCUT2D eigenvalue weighted by molar-refractivity contribution is 1.16. The van der Waals surface area contributed by atoms with Crippen LogP contribution in [0.15, 0.2) is 23.2 Å². The Kier molecular flexibility index (Phi) is 3.99. The number of aromatic nitrogens is 2. The molecule has 0 spiro atoms. The van der Waals surface area contributed by atoms with Crippen LogP contribution in [-0.2, 0) is 0 Å². The standard InChI is InChI=1S/C4H3BrN2.BrH/c5-4-3-6-1-2-7-4;/h1-3H;1H. The lowest BCUT2D eigenvalue weighted by Crippen LogP contribution is -1.72. The van der Waals surface area contributed by atoms with Crippen molar-refractivity contribution >= 4 is 32.9 Å². The summed E-state index contributed by atoms with van der Waals surface area (Å²) in [6, 6.07) is 0. The van der Waals surface area contributed by atoms with Crippen LogP contribution in [0.25, 0.3) is 0 Å². The van der Waals surface area contributed by atoms with Gasteiger partial charge < -0.3 is 0 Å². The first kappa shape index (κ1) is 8.04. The van der Waals surface area contributed by atoms with Crippen LogP contribution < -0.4 is 0 Å². The van der Waals surface area contributed by atoms with Crippen LogP contribution in [0.4, 0.5) is 0 Å². The third kappa shape index (κ3) is 2.37. The van der Waals surface area contributed by atoms with E-state index < -0.39 is 0 Å². The minimum Gasteiger partial charge on any atom is -0.260 e. The molecule has 1 heterocycles. The Hall–Kier alpha value is 0.0400. The fourth-order valence-electron chi connectivity index (χ4n) is 0.281. The van der Waals surface area contributed by atoms with Crippen molar-refractivity contribution in [2.45, 2.75) is 0 Å². The molecule has 0 amide bonds. The molecular formula is C4H4Br2N2. The van der Waals surface area contributed by atoms with Gasteiger partial charge in [-0.15, -0.1) is 17.0 Å². The molecule has 2 nitrogen and oxygen atoms in total. The Bertz CT molecular complexity index is 142. The molecule has 44 valence electrons. The van der Waals surface area contributed by atoms with Gasteiger partial charge in [-0.1, -0.05) is 0 Å². The summed E-state index contributed by atoms with van der Waals surface area (Å²) < 4.78 is 0.773. The molecule has 8 heavy (non-hydrogen) atoms. The molecule has 0 aliphatic rings. The summed E-state index contributed by atoms with van der Waals surface area (Å²) >= 11 is 3.14. The molecule has 1 rings (SSSR count). The zero-order valence-electron chi connectivity index (χ0n) is 3.91. The Morgan fingerprint density at radius 2 is 2.12 bits per heavy atom. The SMILES string of the molecule is Br.Brc1cnccn1. The number of hydrogen-bond donors (Lipinski definition) is 0. The summed E-state index contributed by atoms with van der Waals surface area (Å²) in [6.45, 7) is 0. The molecule has 0 aliphatic carbocycles. The van der Waals surface area contributed by atoms with Crippen LogP contribution >= 0.6 is 32.9 Å². The van der Waals surface area contributed by atoms with Gasteiger partial charge >= 0.3 is 0 Å². The molecule has 0 atom stereocenters.